The number of hydrogen-bond acceptors (Lipinski definition) is 4. The molecule has 0 heterocycles. The van der Waals surface area contributed by atoms with Gasteiger partial charge in [-0.3, -0.25) is 9.59 Å². The smallest absolute Gasteiger partial charge is 0.387 e. The van der Waals surface area contributed by atoms with E-state index >= 15 is 0 Å². The average molecular weight is 391 g/mol. The zero-order valence-electron chi connectivity index (χ0n) is 15.7. The van der Waals surface area contributed by atoms with Crippen molar-refractivity contribution >= 4 is 17.6 Å². The molecule has 0 radical (unpaired) electrons. The molecular weight excluding hydrogens is 368 g/mol. The summed E-state index contributed by atoms with van der Waals surface area (Å²) in [5.41, 5.74) is 1.22. The first-order chi connectivity index (χ1) is 13.4. The monoisotopic (exact) mass is 391 g/mol. The van der Waals surface area contributed by atoms with E-state index in [2.05, 4.69) is 10.1 Å². The molecule has 0 spiro atoms. The number of hydrogen-bond donors (Lipinski definition) is 1. The molecule has 150 valence electrons. The molecule has 28 heavy (non-hydrogen) atoms. The van der Waals surface area contributed by atoms with Crippen LogP contribution in [0.1, 0.15) is 31.7 Å². The molecular formula is C21H23F2NO4. The molecule has 5 nitrogen and oxygen atoms in total. The minimum Gasteiger partial charge on any atom is -0.455 e. The van der Waals surface area contributed by atoms with Crippen molar-refractivity contribution in [2.75, 3.05) is 11.9 Å². The molecule has 0 saturated carbocycles. The summed E-state index contributed by atoms with van der Waals surface area (Å²) in [5.74, 6) is -1.40. The molecule has 2 aromatic carbocycles. The largest absolute Gasteiger partial charge is 0.455 e. The zero-order chi connectivity index (χ0) is 20.5. The normalized spacial score (nSPS) is 12.9. The number of halogens is 2. The molecule has 2 aromatic rings. The number of benzene rings is 2. The molecule has 7 heteroatoms. The van der Waals surface area contributed by atoms with Crippen LogP contribution in [-0.2, 0) is 14.3 Å². The van der Waals surface area contributed by atoms with Gasteiger partial charge in [-0.15, -0.1) is 0 Å². The Morgan fingerprint density at radius 2 is 1.68 bits per heavy atom. The number of carbonyl (C=O) groups is 2. The van der Waals surface area contributed by atoms with E-state index in [1.807, 2.05) is 44.2 Å². The third kappa shape index (κ3) is 6.33. The SMILES string of the molecule is CCC(C)C(C(=O)OCC(=O)Nc1ccc(OC(F)F)cc1)c1ccccc1. The predicted octanol–water partition coefficient (Wildman–Crippen LogP) is 4.60. The lowest BCUT2D eigenvalue weighted by atomic mass is 9.86. The van der Waals surface area contributed by atoms with Gasteiger partial charge in [0.2, 0.25) is 0 Å². The van der Waals surface area contributed by atoms with Gasteiger partial charge >= 0.3 is 12.6 Å². The lowest BCUT2D eigenvalue weighted by molar-refractivity contribution is -0.150. The standard InChI is InChI=1S/C21H23F2NO4/c1-3-14(2)19(15-7-5-4-6-8-15)20(26)27-13-18(25)24-16-9-11-17(12-10-16)28-21(22)23/h4-12,14,19,21H,3,13H2,1-2H3,(H,24,25). The van der Waals surface area contributed by atoms with E-state index in [4.69, 9.17) is 4.74 Å². The third-order valence-electron chi connectivity index (χ3n) is 4.33. The number of anilines is 1. The fourth-order valence-electron chi connectivity index (χ4n) is 2.74. The summed E-state index contributed by atoms with van der Waals surface area (Å²) in [6.45, 7) is 0.598. The Morgan fingerprint density at radius 1 is 1.04 bits per heavy atom. The van der Waals surface area contributed by atoms with E-state index in [0.29, 0.717) is 5.69 Å². The van der Waals surface area contributed by atoms with E-state index in [9.17, 15) is 18.4 Å². The number of alkyl halides is 2. The fourth-order valence-corrected chi connectivity index (χ4v) is 2.74. The van der Waals surface area contributed by atoms with E-state index in [0.717, 1.165) is 12.0 Å². The summed E-state index contributed by atoms with van der Waals surface area (Å²) in [6, 6.07) is 14.8. The molecule has 0 saturated heterocycles. The van der Waals surface area contributed by atoms with Gasteiger partial charge < -0.3 is 14.8 Å². The van der Waals surface area contributed by atoms with E-state index in [-0.39, 0.29) is 11.7 Å². The highest BCUT2D eigenvalue weighted by molar-refractivity contribution is 5.93. The minimum atomic E-state index is -2.91. The molecule has 0 aliphatic carbocycles. The highest BCUT2D eigenvalue weighted by Crippen LogP contribution is 2.28. The lowest BCUT2D eigenvalue weighted by Gasteiger charge is -2.21. The van der Waals surface area contributed by atoms with E-state index in [1.165, 1.54) is 24.3 Å². The number of nitrogens with one attached hydrogen (secondary N) is 1. The molecule has 0 aliphatic heterocycles. The van der Waals surface area contributed by atoms with Crippen LogP contribution in [0.2, 0.25) is 0 Å². The van der Waals surface area contributed by atoms with Crippen LogP contribution < -0.4 is 10.1 Å². The van der Waals surface area contributed by atoms with Gasteiger partial charge in [-0.1, -0.05) is 50.6 Å². The van der Waals surface area contributed by atoms with Crippen molar-refractivity contribution in [1.82, 2.24) is 0 Å². The number of rotatable bonds is 9. The summed E-state index contributed by atoms with van der Waals surface area (Å²) < 4.78 is 33.7. The second-order valence-electron chi connectivity index (χ2n) is 6.33. The third-order valence-corrected chi connectivity index (χ3v) is 4.33. The van der Waals surface area contributed by atoms with Crippen molar-refractivity contribution in [3.05, 3.63) is 60.2 Å². The van der Waals surface area contributed by atoms with Crippen LogP contribution in [-0.4, -0.2) is 25.1 Å². The van der Waals surface area contributed by atoms with Gasteiger partial charge in [0.15, 0.2) is 6.61 Å². The first kappa shape index (κ1) is 21.3. The molecule has 0 aliphatic rings. The van der Waals surface area contributed by atoms with Gasteiger partial charge in [0, 0.05) is 5.69 Å². The molecule has 0 fully saturated rings. The summed E-state index contributed by atoms with van der Waals surface area (Å²) in [5, 5.41) is 2.54. The average Bonchev–Trinajstić information content (AvgIpc) is 2.68. The van der Waals surface area contributed by atoms with Gasteiger partial charge in [-0.05, 0) is 35.7 Å². The maximum atomic E-state index is 12.6. The maximum Gasteiger partial charge on any atom is 0.387 e. The Balaban J connectivity index is 1.92. The van der Waals surface area contributed by atoms with Crippen LogP contribution in [0, 0.1) is 5.92 Å². The maximum absolute atomic E-state index is 12.6. The highest BCUT2D eigenvalue weighted by Gasteiger charge is 2.27. The van der Waals surface area contributed by atoms with Crippen LogP contribution in [0.3, 0.4) is 0 Å². The van der Waals surface area contributed by atoms with Crippen LogP contribution in [0.25, 0.3) is 0 Å². The van der Waals surface area contributed by atoms with E-state index in [1.54, 1.807) is 0 Å². The predicted molar refractivity (Wildman–Crippen MR) is 101 cm³/mol. The van der Waals surface area contributed by atoms with Gasteiger partial charge in [0.05, 0.1) is 5.92 Å². The molecule has 0 bridgehead atoms. The Labute approximate surface area is 162 Å². The Hall–Kier alpha value is -2.96. The molecule has 2 rings (SSSR count). The second kappa shape index (κ2) is 10.4. The fraction of sp³-hybridized carbons (Fsp3) is 0.333. The topological polar surface area (TPSA) is 64.6 Å². The number of amides is 1. The van der Waals surface area contributed by atoms with E-state index < -0.39 is 31.0 Å². The summed E-state index contributed by atoms with van der Waals surface area (Å²) in [4.78, 5) is 24.6. The lowest BCUT2D eigenvalue weighted by Crippen LogP contribution is -2.26. The minimum absolute atomic E-state index is 0.0151. The quantitative estimate of drug-likeness (QED) is 0.635. The van der Waals surface area contributed by atoms with Crippen molar-refractivity contribution in [2.24, 2.45) is 5.92 Å². The first-order valence-electron chi connectivity index (χ1n) is 8.97. The highest BCUT2D eigenvalue weighted by atomic mass is 19.3. The number of ether oxygens (including phenoxy) is 2. The summed E-state index contributed by atoms with van der Waals surface area (Å²) in [7, 11) is 0. The van der Waals surface area contributed by atoms with Crippen molar-refractivity contribution in [1.29, 1.82) is 0 Å². The number of esters is 1. The van der Waals surface area contributed by atoms with Crippen LogP contribution in [0.4, 0.5) is 14.5 Å². The Kier molecular flexibility index (Phi) is 7.92. The molecule has 1 amide bonds. The molecule has 0 aromatic heterocycles. The van der Waals surface area contributed by atoms with Crippen molar-refractivity contribution in [3.8, 4) is 5.75 Å². The van der Waals surface area contributed by atoms with Crippen molar-refractivity contribution < 1.29 is 27.8 Å². The van der Waals surface area contributed by atoms with Crippen molar-refractivity contribution in [2.45, 2.75) is 32.8 Å². The summed E-state index contributed by atoms with van der Waals surface area (Å²) in [6.07, 6.45) is 0.786. The summed E-state index contributed by atoms with van der Waals surface area (Å²) >= 11 is 0. The van der Waals surface area contributed by atoms with Crippen LogP contribution in [0.5, 0.6) is 5.75 Å². The van der Waals surface area contributed by atoms with Gasteiger partial charge in [-0.25, -0.2) is 0 Å². The Morgan fingerprint density at radius 3 is 2.25 bits per heavy atom. The van der Waals surface area contributed by atoms with Crippen LogP contribution >= 0.6 is 0 Å². The van der Waals surface area contributed by atoms with Crippen LogP contribution in [0.15, 0.2) is 54.6 Å². The van der Waals surface area contributed by atoms with Gasteiger partial charge in [-0.2, -0.15) is 8.78 Å². The first-order valence-corrected chi connectivity index (χ1v) is 8.97. The van der Waals surface area contributed by atoms with Crippen molar-refractivity contribution in [3.63, 3.8) is 0 Å². The molecule has 2 unspecified atom stereocenters. The van der Waals surface area contributed by atoms with Gasteiger partial charge in [0.1, 0.15) is 5.75 Å². The molecule has 2 atom stereocenters. The second-order valence-corrected chi connectivity index (χ2v) is 6.33. The molecule has 1 N–H and O–H groups in total. The Bertz CT molecular complexity index is 766. The number of carbonyl (C=O) groups excluding carboxylic acids is 2. The zero-order valence-corrected chi connectivity index (χ0v) is 15.7. The van der Waals surface area contributed by atoms with Gasteiger partial charge in [0.25, 0.3) is 5.91 Å².